The monoisotopic (exact) mass is 336 g/mol. The first-order chi connectivity index (χ1) is 9.44. The van der Waals surface area contributed by atoms with E-state index in [4.69, 9.17) is 49.0 Å². The molecule has 6 heteroatoms. The van der Waals surface area contributed by atoms with E-state index in [1.165, 1.54) is 0 Å². The van der Waals surface area contributed by atoms with Gasteiger partial charge in [-0.05, 0) is 38.0 Å². The number of rotatable bonds is 5. The van der Waals surface area contributed by atoms with E-state index in [1.54, 1.807) is 0 Å². The molecule has 0 bridgehead atoms. The van der Waals surface area contributed by atoms with Crippen molar-refractivity contribution in [3.63, 3.8) is 0 Å². The molecule has 0 radical (unpaired) electrons. The first-order valence-corrected chi connectivity index (χ1v) is 7.32. The van der Waals surface area contributed by atoms with Gasteiger partial charge in [-0.3, -0.25) is 0 Å². The standard InChI is InChI=1S/C14H15Cl3O3/c1-10(4-6-14(15,16)17)5-7-18-11-2-3-12-13(8-11)20-9-19-12/h2-3,5,8H,4,6-7,9H2,1H3. The molecule has 1 aromatic carbocycles. The Morgan fingerprint density at radius 2 is 2.05 bits per heavy atom. The lowest BCUT2D eigenvalue weighted by Crippen LogP contribution is -2.02. The van der Waals surface area contributed by atoms with Crippen LogP contribution in [0.1, 0.15) is 19.8 Å². The Morgan fingerprint density at radius 1 is 1.30 bits per heavy atom. The molecule has 0 fully saturated rings. The summed E-state index contributed by atoms with van der Waals surface area (Å²) in [5.41, 5.74) is 1.12. The maximum Gasteiger partial charge on any atom is 0.231 e. The molecule has 0 unspecified atom stereocenters. The first kappa shape index (κ1) is 15.6. The summed E-state index contributed by atoms with van der Waals surface area (Å²) in [6.07, 6.45) is 3.19. The molecule has 110 valence electrons. The molecule has 0 amide bonds. The molecule has 1 aliphatic rings. The quantitative estimate of drug-likeness (QED) is 0.565. The van der Waals surface area contributed by atoms with Gasteiger partial charge >= 0.3 is 0 Å². The summed E-state index contributed by atoms with van der Waals surface area (Å²) < 4.78 is 14.9. The van der Waals surface area contributed by atoms with Crippen LogP contribution in [0, 0.1) is 0 Å². The van der Waals surface area contributed by atoms with Gasteiger partial charge in [-0.15, -0.1) is 0 Å². The largest absolute Gasteiger partial charge is 0.489 e. The van der Waals surface area contributed by atoms with Gasteiger partial charge in [0.15, 0.2) is 15.3 Å². The highest BCUT2D eigenvalue weighted by atomic mass is 35.6. The van der Waals surface area contributed by atoms with E-state index in [1.807, 2.05) is 31.2 Å². The van der Waals surface area contributed by atoms with E-state index in [9.17, 15) is 0 Å². The zero-order valence-corrected chi connectivity index (χ0v) is 13.3. The van der Waals surface area contributed by atoms with E-state index < -0.39 is 3.79 Å². The fourth-order valence-electron chi connectivity index (χ4n) is 1.69. The fourth-order valence-corrected chi connectivity index (χ4v) is 1.97. The Kier molecular flexibility index (Phi) is 5.30. The molecule has 0 aliphatic carbocycles. The minimum absolute atomic E-state index is 0.259. The zero-order chi connectivity index (χ0) is 14.6. The van der Waals surface area contributed by atoms with E-state index in [2.05, 4.69) is 0 Å². The van der Waals surface area contributed by atoms with E-state index >= 15 is 0 Å². The lowest BCUT2D eigenvalue weighted by molar-refractivity contribution is 0.174. The molecule has 1 aromatic rings. The molecule has 0 aromatic heterocycles. The molecule has 3 nitrogen and oxygen atoms in total. The number of hydrogen-bond acceptors (Lipinski definition) is 3. The van der Waals surface area contributed by atoms with Crippen LogP contribution < -0.4 is 14.2 Å². The van der Waals surface area contributed by atoms with Crippen LogP contribution in [-0.2, 0) is 0 Å². The topological polar surface area (TPSA) is 27.7 Å². The van der Waals surface area contributed by atoms with Crippen molar-refractivity contribution >= 4 is 34.8 Å². The van der Waals surface area contributed by atoms with Gasteiger partial charge in [0.05, 0.1) is 0 Å². The lowest BCUT2D eigenvalue weighted by Gasteiger charge is -2.10. The van der Waals surface area contributed by atoms with Crippen molar-refractivity contribution < 1.29 is 14.2 Å². The molecule has 0 atom stereocenters. The summed E-state index contributed by atoms with van der Waals surface area (Å²) >= 11 is 17.1. The summed E-state index contributed by atoms with van der Waals surface area (Å²) in [4.78, 5) is 0. The van der Waals surface area contributed by atoms with Crippen LogP contribution in [-0.4, -0.2) is 17.2 Å². The third-order valence-electron chi connectivity index (χ3n) is 2.83. The molecule has 0 saturated heterocycles. The maximum absolute atomic E-state index is 5.71. The molecule has 0 N–H and O–H groups in total. The Balaban J connectivity index is 1.80. The van der Waals surface area contributed by atoms with Gasteiger partial charge in [-0.25, -0.2) is 0 Å². The normalized spacial score (nSPS) is 14.5. The van der Waals surface area contributed by atoms with Crippen LogP contribution in [0.15, 0.2) is 29.8 Å². The van der Waals surface area contributed by atoms with Gasteiger partial charge in [-0.1, -0.05) is 40.4 Å². The Labute approximate surface area is 133 Å². The highest BCUT2D eigenvalue weighted by Gasteiger charge is 2.18. The number of fused-ring (bicyclic) bond motifs is 1. The van der Waals surface area contributed by atoms with Gasteiger partial charge in [0.2, 0.25) is 6.79 Å². The van der Waals surface area contributed by atoms with E-state index in [0.29, 0.717) is 18.8 Å². The van der Waals surface area contributed by atoms with Gasteiger partial charge < -0.3 is 14.2 Å². The highest BCUT2D eigenvalue weighted by molar-refractivity contribution is 6.67. The van der Waals surface area contributed by atoms with Crippen molar-refractivity contribution in [1.29, 1.82) is 0 Å². The average Bonchev–Trinajstić information content (AvgIpc) is 2.83. The van der Waals surface area contributed by atoms with Gasteiger partial charge in [0.1, 0.15) is 12.4 Å². The molecule has 2 rings (SSSR count). The Hall–Kier alpha value is -0.770. The minimum Gasteiger partial charge on any atom is -0.489 e. The number of alkyl halides is 3. The fraction of sp³-hybridized carbons (Fsp3) is 0.429. The predicted molar refractivity (Wildman–Crippen MR) is 81.3 cm³/mol. The van der Waals surface area contributed by atoms with Crippen LogP contribution >= 0.6 is 34.8 Å². The lowest BCUT2D eigenvalue weighted by atomic mass is 10.2. The smallest absolute Gasteiger partial charge is 0.231 e. The van der Waals surface area contributed by atoms with Gasteiger partial charge in [0, 0.05) is 6.07 Å². The first-order valence-electron chi connectivity index (χ1n) is 6.19. The molecular formula is C14H15Cl3O3. The molecule has 1 heterocycles. The van der Waals surface area contributed by atoms with E-state index in [-0.39, 0.29) is 6.79 Å². The Bertz CT molecular complexity index is 495. The molecule has 20 heavy (non-hydrogen) atoms. The van der Waals surface area contributed by atoms with E-state index in [0.717, 1.165) is 23.5 Å². The third-order valence-corrected chi connectivity index (χ3v) is 3.40. The van der Waals surface area contributed by atoms with Crippen molar-refractivity contribution in [3.05, 3.63) is 29.8 Å². The number of allylic oxidation sites excluding steroid dienone is 1. The van der Waals surface area contributed by atoms with Crippen LogP contribution in [0.3, 0.4) is 0 Å². The second-order valence-corrected chi connectivity index (χ2v) is 7.01. The minimum atomic E-state index is -1.20. The van der Waals surface area contributed by atoms with Crippen LogP contribution in [0.4, 0.5) is 0 Å². The number of hydrogen-bond donors (Lipinski definition) is 0. The van der Waals surface area contributed by atoms with Gasteiger partial charge in [0.25, 0.3) is 0 Å². The second-order valence-electron chi connectivity index (χ2n) is 4.49. The van der Waals surface area contributed by atoms with Crippen molar-refractivity contribution in [3.8, 4) is 17.2 Å². The molecule has 0 saturated carbocycles. The van der Waals surface area contributed by atoms with Crippen molar-refractivity contribution in [1.82, 2.24) is 0 Å². The summed E-state index contributed by atoms with van der Waals surface area (Å²) in [7, 11) is 0. The maximum atomic E-state index is 5.71. The SMILES string of the molecule is CC(=CCOc1ccc2c(c1)OCO2)CCC(Cl)(Cl)Cl. The number of benzene rings is 1. The Morgan fingerprint density at radius 3 is 2.80 bits per heavy atom. The van der Waals surface area contributed by atoms with Crippen LogP contribution in [0.2, 0.25) is 0 Å². The van der Waals surface area contributed by atoms with Crippen LogP contribution in [0.25, 0.3) is 0 Å². The van der Waals surface area contributed by atoms with Crippen molar-refractivity contribution in [2.24, 2.45) is 0 Å². The van der Waals surface area contributed by atoms with Crippen LogP contribution in [0.5, 0.6) is 17.2 Å². The molecule has 0 spiro atoms. The zero-order valence-electron chi connectivity index (χ0n) is 11.0. The predicted octanol–water partition coefficient (Wildman–Crippen LogP) is 4.89. The molecule has 1 aliphatic heterocycles. The van der Waals surface area contributed by atoms with Gasteiger partial charge in [-0.2, -0.15) is 0 Å². The van der Waals surface area contributed by atoms with Crippen molar-refractivity contribution in [2.45, 2.75) is 23.6 Å². The second kappa shape index (κ2) is 6.79. The molecular weight excluding hydrogens is 323 g/mol. The highest BCUT2D eigenvalue weighted by Crippen LogP contribution is 2.35. The average molecular weight is 338 g/mol. The summed E-state index contributed by atoms with van der Waals surface area (Å²) in [6, 6.07) is 5.49. The van der Waals surface area contributed by atoms with Crippen molar-refractivity contribution in [2.75, 3.05) is 13.4 Å². The summed E-state index contributed by atoms with van der Waals surface area (Å²) in [5, 5.41) is 0. The number of halogens is 3. The summed E-state index contributed by atoms with van der Waals surface area (Å²) in [6.45, 7) is 2.71. The summed E-state index contributed by atoms with van der Waals surface area (Å²) in [5.74, 6) is 2.19. The third kappa shape index (κ3) is 4.97. The number of ether oxygens (including phenoxy) is 3.